The first-order chi connectivity index (χ1) is 15.7. The molecule has 2 aromatic carbocycles. The summed E-state index contributed by atoms with van der Waals surface area (Å²) in [5, 5.41) is 0.464. The maximum Gasteiger partial charge on any atom is 0.244 e. The van der Waals surface area contributed by atoms with Crippen LogP contribution in [0.1, 0.15) is 13.3 Å². The van der Waals surface area contributed by atoms with E-state index in [0.29, 0.717) is 41.7 Å². The van der Waals surface area contributed by atoms with Gasteiger partial charge in [0, 0.05) is 6.54 Å². The summed E-state index contributed by atoms with van der Waals surface area (Å²) in [6.45, 7) is 3.51. The van der Waals surface area contributed by atoms with E-state index in [2.05, 4.69) is 4.98 Å². The van der Waals surface area contributed by atoms with Gasteiger partial charge in [-0.15, -0.1) is 0 Å². The zero-order valence-electron chi connectivity index (χ0n) is 19.3. The topological polar surface area (TPSA) is 89.0 Å². The number of benzene rings is 2. The van der Waals surface area contributed by atoms with Crippen molar-refractivity contribution < 1.29 is 22.7 Å². The van der Waals surface area contributed by atoms with Gasteiger partial charge >= 0.3 is 0 Å². The number of fused-ring (bicyclic) bond motifs is 1. The number of methoxy groups -OCH3 is 1. The minimum atomic E-state index is -3.83. The highest BCUT2D eigenvalue weighted by Crippen LogP contribution is 2.34. The zero-order valence-corrected chi connectivity index (χ0v) is 20.9. The van der Waals surface area contributed by atoms with E-state index in [9.17, 15) is 13.2 Å². The fourth-order valence-corrected chi connectivity index (χ4v) is 5.50. The maximum absolute atomic E-state index is 13.3. The van der Waals surface area contributed by atoms with Gasteiger partial charge < -0.3 is 14.4 Å². The lowest BCUT2D eigenvalue weighted by atomic mass is 10.3. The van der Waals surface area contributed by atoms with Crippen molar-refractivity contribution in [2.45, 2.75) is 18.2 Å². The van der Waals surface area contributed by atoms with Crippen molar-refractivity contribution in [3.63, 3.8) is 0 Å². The number of amides is 1. The van der Waals surface area contributed by atoms with Crippen LogP contribution in [0.4, 0.5) is 5.13 Å². The lowest BCUT2D eigenvalue weighted by molar-refractivity contribution is -0.116. The molecule has 0 bridgehead atoms. The number of thiazole rings is 1. The minimum Gasteiger partial charge on any atom is -0.497 e. The molecule has 0 N–H and O–H groups in total. The van der Waals surface area contributed by atoms with Crippen LogP contribution in [-0.4, -0.2) is 70.9 Å². The van der Waals surface area contributed by atoms with Gasteiger partial charge in [-0.1, -0.05) is 17.4 Å². The van der Waals surface area contributed by atoms with Gasteiger partial charge in [0.2, 0.25) is 5.91 Å². The van der Waals surface area contributed by atoms with Crippen molar-refractivity contribution in [2.75, 3.05) is 51.6 Å². The number of para-hydroxylation sites is 1. The molecule has 33 heavy (non-hydrogen) atoms. The Balaban J connectivity index is 1.90. The number of hydrogen-bond acceptors (Lipinski definition) is 8. The van der Waals surface area contributed by atoms with Gasteiger partial charge in [-0.2, -0.15) is 0 Å². The molecule has 0 radical (unpaired) electrons. The highest BCUT2D eigenvalue weighted by molar-refractivity contribution is 7.92. The number of sulfone groups is 1. The SMILES string of the molecule is CCOc1cccc2sc(N(CCCN(C)C)C(=O)CS(=O)(=O)c3ccc(OC)cc3)nc12. The van der Waals surface area contributed by atoms with Crippen LogP contribution in [0, 0.1) is 0 Å². The summed E-state index contributed by atoms with van der Waals surface area (Å²) in [6.07, 6.45) is 0.676. The molecule has 3 rings (SSSR count). The summed E-state index contributed by atoms with van der Waals surface area (Å²) in [5.41, 5.74) is 0.669. The van der Waals surface area contributed by atoms with Gasteiger partial charge in [-0.3, -0.25) is 9.69 Å². The third-order valence-corrected chi connectivity index (χ3v) is 7.58. The van der Waals surface area contributed by atoms with Crippen LogP contribution < -0.4 is 14.4 Å². The van der Waals surface area contributed by atoms with Gasteiger partial charge in [0.05, 0.1) is 23.3 Å². The molecule has 178 valence electrons. The highest BCUT2D eigenvalue weighted by atomic mass is 32.2. The number of carbonyl (C=O) groups is 1. The Labute approximate surface area is 198 Å². The molecular formula is C23H29N3O5S2. The standard InChI is InChI=1S/C23H29N3O5S2/c1-5-31-19-8-6-9-20-22(19)24-23(32-20)26(15-7-14-25(2)3)21(27)16-33(28,29)18-12-10-17(30-4)11-13-18/h6,8-13H,5,7,14-16H2,1-4H3. The van der Waals surface area contributed by atoms with E-state index in [1.54, 1.807) is 12.1 Å². The van der Waals surface area contributed by atoms with Crippen LogP contribution in [0.5, 0.6) is 11.5 Å². The fraction of sp³-hybridized carbons (Fsp3) is 0.391. The summed E-state index contributed by atoms with van der Waals surface area (Å²) in [6, 6.07) is 11.6. The monoisotopic (exact) mass is 491 g/mol. The summed E-state index contributed by atoms with van der Waals surface area (Å²) in [5.74, 6) is 0.0334. The van der Waals surface area contributed by atoms with Gasteiger partial charge in [0.1, 0.15) is 22.8 Å². The molecule has 0 aliphatic carbocycles. The maximum atomic E-state index is 13.3. The Morgan fingerprint density at radius 1 is 1.09 bits per heavy atom. The van der Waals surface area contributed by atoms with E-state index in [1.807, 2.05) is 44.1 Å². The lowest BCUT2D eigenvalue weighted by Gasteiger charge is -2.21. The Morgan fingerprint density at radius 2 is 1.82 bits per heavy atom. The predicted octanol–water partition coefficient (Wildman–Crippen LogP) is 3.46. The smallest absolute Gasteiger partial charge is 0.244 e. The van der Waals surface area contributed by atoms with Crippen LogP contribution >= 0.6 is 11.3 Å². The normalized spacial score (nSPS) is 11.7. The van der Waals surface area contributed by atoms with Gasteiger partial charge in [0.15, 0.2) is 15.0 Å². The quantitative estimate of drug-likeness (QED) is 0.406. The Morgan fingerprint density at radius 3 is 2.45 bits per heavy atom. The molecule has 3 aromatic rings. The van der Waals surface area contributed by atoms with Crippen molar-refractivity contribution in [1.82, 2.24) is 9.88 Å². The molecule has 1 heterocycles. The Hall–Kier alpha value is -2.69. The van der Waals surface area contributed by atoms with Crippen molar-refractivity contribution in [2.24, 2.45) is 0 Å². The Kier molecular flexibility index (Phi) is 8.28. The van der Waals surface area contributed by atoms with Gasteiger partial charge in [-0.25, -0.2) is 13.4 Å². The molecule has 1 aromatic heterocycles. The van der Waals surface area contributed by atoms with E-state index in [4.69, 9.17) is 9.47 Å². The molecule has 0 atom stereocenters. The number of carbonyl (C=O) groups excluding carboxylic acids is 1. The van der Waals surface area contributed by atoms with E-state index in [1.165, 1.54) is 35.5 Å². The van der Waals surface area contributed by atoms with E-state index in [-0.39, 0.29) is 4.90 Å². The molecule has 1 amide bonds. The minimum absolute atomic E-state index is 0.0767. The third-order valence-electron chi connectivity index (χ3n) is 4.92. The van der Waals surface area contributed by atoms with Crippen LogP contribution in [0.2, 0.25) is 0 Å². The molecular weight excluding hydrogens is 462 g/mol. The predicted molar refractivity (Wildman–Crippen MR) is 131 cm³/mol. The third kappa shape index (κ3) is 6.21. The molecule has 0 spiro atoms. The number of nitrogens with zero attached hydrogens (tertiary/aromatic N) is 3. The van der Waals surface area contributed by atoms with Crippen molar-refractivity contribution >= 4 is 42.4 Å². The van der Waals surface area contributed by atoms with Crippen molar-refractivity contribution in [3.8, 4) is 11.5 Å². The first-order valence-electron chi connectivity index (χ1n) is 10.6. The molecule has 8 nitrogen and oxygen atoms in total. The molecule has 0 fully saturated rings. The van der Waals surface area contributed by atoms with E-state index in [0.717, 1.165) is 11.2 Å². The highest BCUT2D eigenvalue weighted by Gasteiger charge is 2.27. The molecule has 0 aliphatic heterocycles. The largest absolute Gasteiger partial charge is 0.497 e. The summed E-state index contributed by atoms with van der Waals surface area (Å²) in [4.78, 5) is 21.5. The fourth-order valence-electron chi connectivity index (χ4n) is 3.28. The molecule has 0 saturated carbocycles. The van der Waals surface area contributed by atoms with Gasteiger partial charge in [0.25, 0.3) is 0 Å². The number of rotatable bonds is 11. The van der Waals surface area contributed by atoms with Crippen molar-refractivity contribution in [1.29, 1.82) is 0 Å². The Bertz CT molecular complexity index is 1190. The summed E-state index contributed by atoms with van der Waals surface area (Å²) >= 11 is 1.35. The van der Waals surface area contributed by atoms with Gasteiger partial charge in [-0.05, 0) is 70.4 Å². The van der Waals surface area contributed by atoms with E-state index < -0.39 is 21.5 Å². The molecule has 0 unspecified atom stereocenters. The number of hydrogen-bond donors (Lipinski definition) is 0. The average Bonchev–Trinajstić information content (AvgIpc) is 3.21. The zero-order chi connectivity index (χ0) is 24.0. The van der Waals surface area contributed by atoms with Crippen LogP contribution in [0.15, 0.2) is 47.4 Å². The van der Waals surface area contributed by atoms with Crippen LogP contribution in [0.3, 0.4) is 0 Å². The number of anilines is 1. The summed E-state index contributed by atoms with van der Waals surface area (Å²) < 4.78 is 37.5. The second kappa shape index (κ2) is 11.0. The van der Waals surface area contributed by atoms with E-state index >= 15 is 0 Å². The number of ether oxygens (including phenoxy) is 2. The average molecular weight is 492 g/mol. The number of aromatic nitrogens is 1. The van der Waals surface area contributed by atoms with Crippen LogP contribution in [0.25, 0.3) is 10.2 Å². The van der Waals surface area contributed by atoms with Crippen molar-refractivity contribution in [3.05, 3.63) is 42.5 Å². The lowest BCUT2D eigenvalue weighted by Crippen LogP contribution is -2.37. The summed E-state index contributed by atoms with van der Waals surface area (Å²) in [7, 11) is 1.58. The van der Waals surface area contributed by atoms with Crippen LogP contribution in [-0.2, 0) is 14.6 Å². The second-order valence-electron chi connectivity index (χ2n) is 7.67. The molecule has 0 aliphatic rings. The second-order valence-corrected chi connectivity index (χ2v) is 10.7. The molecule has 0 saturated heterocycles. The first-order valence-corrected chi connectivity index (χ1v) is 13.1. The molecule has 10 heteroatoms. The first kappa shape index (κ1) is 24.9.